The highest BCUT2D eigenvalue weighted by atomic mass is 14.1. The molecule has 0 spiro atoms. The Hall–Kier alpha value is -4.08. The predicted molar refractivity (Wildman–Crippen MR) is 143 cm³/mol. The third-order valence-corrected chi connectivity index (χ3v) is 6.24. The van der Waals surface area contributed by atoms with Crippen LogP contribution < -0.4 is 0 Å². The fourth-order valence-corrected chi connectivity index (χ4v) is 4.79. The topological polar surface area (TPSA) is 0 Å². The summed E-state index contributed by atoms with van der Waals surface area (Å²) in [6.07, 6.45) is 4.13. The van der Waals surface area contributed by atoms with Gasteiger partial charge in [0.2, 0.25) is 0 Å². The number of rotatable bonds is 2. The fraction of sp³-hybridized carbons (Fsp3) is 0.0909. The minimum Gasteiger partial charge on any atom is -0.0696 e. The van der Waals surface area contributed by atoms with Gasteiger partial charge in [-0.2, -0.15) is 0 Å². The highest BCUT2D eigenvalue weighted by Gasteiger charge is 2.09. The Balaban J connectivity index is 1.64. The Bertz CT molecular complexity index is 1550. The van der Waals surface area contributed by atoms with E-state index in [1.54, 1.807) is 0 Å². The van der Waals surface area contributed by atoms with Crippen molar-refractivity contribution in [2.45, 2.75) is 20.8 Å². The molecule has 0 saturated heterocycles. The van der Waals surface area contributed by atoms with Crippen molar-refractivity contribution >= 4 is 27.6 Å². The lowest BCUT2D eigenvalue weighted by Gasteiger charge is -2.12. The molecule has 0 aliphatic rings. The Morgan fingerprint density at radius 1 is 0.606 bits per heavy atom. The number of aryl methyl sites for hydroxylation is 3. The zero-order chi connectivity index (χ0) is 22.8. The summed E-state index contributed by atoms with van der Waals surface area (Å²) in [5, 5.41) is 5.06. The van der Waals surface area contributed by atoms with Gasteiger partial charge in [0.15, 0.2) is 0 Å². The average Bonchev–Trinajstić information content (AvgIpc) is 2.83. The summed E-state index contributed by atoms with van der Waals surface area (Å²) in [6, 6.07) is 32.5. The second-order valence-corrected chi connectivity index (χ2v) is 8.65. The lowest BCUT2D eigenvalue weighted by Crippen LogP contribution is -1.89. The van der Waals surface area contributed by atoms with E-state index < -0.39 is 0 Å². The first-order chi connectivity index (χ1) is 16.1. The van der Waals surface area contributed by atoms with Crippen molar-refractivity contribution in [1.82, 2.24) is 0 Å². The summed E-state index contributed by atoms with van der Waals surface area (Å²) in [6.45, 7) is 6.40. The molecule has 0 unspecified atom stereocenters. The minimum atomic E-state index is 1.12. The van der Waals surface area contributed by atoms with Gasteiger partial charge in [0.1, 0.15) is 0 Å². The summed E-state index contributed by atoms with van der Waals surface area (Å²) < 4.78 is 0. The van der Waals surface area contributed by atoms with E-state index in [4.69, 9.17) is 0 Å². The van der Waals surface area contributed by atoms with Crippen LogP contribution in [-0.2, 0) is 0 Å². The molecule has 0 heterocycles. The first-order valence-electron chi connectivity index (χ1n) is 11.4. The number of hydrogen-bond acceptors (Lipinski definition) is 0. The van der Waals surface area contributed by atoms with Crippen LogP contribution in [0.25, 0.3) is 38.7 Å². The van der Waals surface area contributed by atoms with Gasteiger partial charge in [-0.1, -0.05) is 102 Å². The third-order valence-electron chi connectivity index (χ3n) is 6.24. The Kier molecular flexibility index (Phi) is 5.55. The van der Waals surface area contributed by atoms with E-state index in [1.807, 2.05) is 6.08 Å². The largest absolute Gasteiger partial charge is 0.0696 e. The predicted octanol–water partition coefficient (Wildman–Crippen LogP) is 8.65. The molecule has 0 nitrogen and oxygen atoms in total. The van der Waals surface area contributed by atoms with Crippen LogP contribution in [0.15, 0.2) is 97.1 Å². The second-order valence-electron chi connectivity index (χ2n) is 8.65. The van der Waals surface area contributed by atoms with Gasteiger partial charge in [0.05, 0.1) is 0 Å². The molecule has 33 heavy (non-hydrogen) atoms. The van der Waals surface area contributed by atoms with Crippen LogP contribution in [0.5, 0.6) is 0 Å². The molecular formula is C33H26. The van der Waals surface area contributed by atoms with Gasteiger partial charge in [-0.3, -0.25) is 0 Å². The first kappa shape index (κ1) is 20.8. The van der Waals surface area contributed by atoms with Gasteiger partial charge >= 0.3 is 0 Å². The lowest BCUT2D eigenvalue weighted by molar-refractivity contribution is 1.30. The van der Waals surface area contributed by atoms with Crippen LogP contribution in [0, 0.1) is 32.6 Å². The molecule has 0 aliphatic carbocycles. The van der Waals surface area contributed by atoms with Crippen LogP contribution in [0.4, 0.5) is 0 Å². The molecule has 0 atom stereocenters. The molecule has 5 rings (SSSR count). The van der Waals surface area contributed by atoms with Crippen LogP contribution in [0.1, 0.15) is 27.8 Å². The van der Waals surface area contributed by atoms with E-state index in [1.165, 1.54) is 54.9 Å². The molecule has 5 aromatic carbocycles. The fourth-order valence-electron chi connectivity index (χ4n) is 4.79. The smallest absolute Gasteiger partial charge is 0.0307 e. The highest BCUT2D eigenvalue weighted by Crippen LogP contribution is 2.35. The zero-order valence-corrected chi connectivity index (χ0v) is 19.3. The lowest BCUT2D eigenvalue weighted by atomic mass is 9.92. The molecular weight excluding hydrogens is 396 g/mol. The summed E-state index contributed by atoms with van der Waals surface area (Å²) in [7, 11) is 0. The standard InChI is InChI=1S/C33H26/c1-23-20-24(2)28(25(3)21-23)15-8-7-14-27-22-33-29(26-12-5-4-6-13-26)18-11-19-32(33)31-17-10-9-16-30(27)31/h4-7,9-14,16-22H,1-3H3/b14-7-. The molecule has 158 valence electrons. The molecule has 0 heteroatoms. The molecule has 0 amide bonds. The van der Waals surface area contributed by atoms with Crippen molar-refractivity contribution in [2.24, 2.45) is 0 Å². The van der Waals surface area contributed by atoms with Gasteiger partial charge in [0, 0.05) is 5.56 Å². The summed E-state index contributed by atoms with van der Waals surface area (Å²) >= 11 is 0. The molecule has 0 bridgehead atoms. The maximum atomic E-state index is 3.36. The number of allylic oxidation sites excluding steroid dienone is 1. The van der Waals surface area contributed by atoms with Gasteiger partial charge < -0.3 is 0 Å². The molecule has 0 N–H and O–H groups in total. The molecule has 0 aliphatic heterocycles. The maximum Gasteiger partial charge on any atom is 0.0307 e. The van der Waals surface area contributed by atoms with Crippen LogP contribution in [-0.4, -0.2) is 0 Å². The minimum absolute atomic E-state index is 1.12. The number of benzene rings is 5. The molecule has 0 fully saturated rings. The van der Waals surface area contributed by atoms with E-state index in [-0.39, 0.29) is 0 Å². The van der Waals surface area contributed by atoms with Crippen molar-refractivity contribution < 1.29 is 0 Å². The summed E-state index contributed by atoms with van der Waals surface area (Å²) in [5.41, 5.74) is 8.55. The SMILES string of the molecule is Cc1cc(C)c(C#C/C=C\c2cc3c(-c4ccccc4)cccc3c3ccccc23)c(C)c1. The molecule has 0 aromatic heterocycles. The van der Waals surface area contributed by atoms with E-state index in [0.29, 0.717) is 0 Å². The molecule has 0 saturated carbocycles. The highest BCUT2D eigenvalue weighted by molar-refractivity contribution is 6.14. The van der Waals surface area contributed by atoms with Gasteiger partial charge in [-0.15, -0.1) is 0 Å². The average molecular weight is 423 g/mol. The third kappa shape index (κ3) is 4.07. The Morgan fingerprint density at radius 2 is 1.24 bits per heavy atom. The van der Waals surface area contributed by atoms with Crippen molar-refractivity contribution in [1.29, 1.82) is 0 Å². The van der Waals surface area contributed by atoms with Gasteiger partial charge in [0.25, 0.3) is 0 Å². The Labute approximate surface area is 196 Å². The van der Waals surface area contributed by atoms with Crippen LogP contribution in [0.3, 0.4) is 0 Å². The summed E-state index contributed by atoms with van der Waals surface area (Å²) in [4.78, 5) is 0. The first-order valence-corrected chi connectivity index (χ1v) is 11.4. The van der Waals surface area contributed by atoms with E-state index in [2.05, 4.69) is 130 Å². The van der Waals surface area contributed by atoms with Crippen molar-refractivity contribution in [3.63, 3.8) is 0 Å². The number of hydrogen-bond donors (Lipinski definition) is 0. The zero-order valence-electron chi connectivity index (χ0n) is 19.3. The Morgan fingerprint density at radius 3 is 2.00 bits per heavy atom. The van der Waals surface area contributed by atoms with Crippen molar-refractivity contribution in [3.8, 4) is 23.0 Å². The van der Waals surface area contributed by atoms with Gasteiger partial charge in [-0.05, 0) is 88.4 Å². The maximum absolute atomic E-state index is 3.36. The van der Waals surface area contributed by atoms with Crippen LogP contribution >= 0.6 is 0 Å². The van der Waals surface area contributed by atoms with Crippen molar-refractivity contribution in [3.05, 3.63) is 125 Å². The quantitative estimate of drug-likeness (QED) is 0.197. The second kappa shape index (κ2) is 8.81. The van der Waals surface area contributed by atoms with Gasteiger partial charge in [-0.25, -0.2) is 0 Å². The van der Waals surface area contributed by atoms with Crippen LogP contribution in [0.2, 0.25) is 0 Å². The van der Waals surface area contributed by atoms with E-state index in [0.717, 1.165) is 5.56 Å². The monoisotopic (exact) mass is 422 g/mol. The van der Waals surface area contributed by atoms with Crippen molar-refractivity contribution in [2.75, 3.05) is 0 Å². The summed E-state index contributed by atoms with van der Waals surface area (Å²) in [5.74, 6) is 6.64. The molecule has 0 radical (unpaired) electrons. The van der Waals surface area contributed by atoms with E-state index >= 15 is 0 Å². The molecule has 5 aromatic rings. The van der Waals surface area contributed by atoms with E-state index in [9.17, 15) is 0 Å². The number of fused-ring (bicyclic) bond motifs is 3. The normalized spacial score (nSPS) is 11.1.